The number of sulfonamides is 1. The highest BCUT2D eigenvalue weighted by atomic mass is 35.5. The van der Waals surface area contributed by atoms with E-state index in [-0.39, 0.29) is 16.4 Å². The van der Waals surface area contributed by atoms with Crippen LogP contribution in [0.15, 0.2) is 58.0 Å². The number of hydrogen-bond donors (Lipinski definition) is 1. The van der Waals surface area contributed by atoms with E-state index in [9.17, 15) is 13.7 Å². The van der Waals surface area contributed by atoms with Gasteiger partial charge in [0.1, 0.15) is 17.2 Å². The molecule has 9 heteroatoms. The number of oxazole rings is 1. The minimum absolute atomic E-state index is 0.173. The molecule has 1 aliphatic rings. The lowest BCUT2D eigenvalue weighted by Gasteiger charge is -2.25. The van der Waals surface area contributed by atoms with E-state index < -0.39 is 10.0 Å². The fourth-order valence-electron chi connectivity index (χ4n) is 3.29. The maximum absolute atomic E-state index is 12.7. The summed E-state index contributed by atoms with van der Waals surface area (Å²) in [6, 6.07) is 13.5. The maximum Gasteiger partial charge on any atom is 0.243 e. The van der Waals surface area contributed by atoms with Gasteiger partial charge < -0.3 is 9.73 Å². The first-order valence-electron chi connectivity index (χ1n) is 9.51. The van der Waals surface area contributed by atoms with Gasteiger partial charge in [-0.1, -0.05) is 18.0 Å². The lowest BCUT2D eigenvalue weighted by Crippen LogP contribution is -2.35. The number of fused-ring (bicyclic) bond motifs is 1. The van der Waals surface area contributed by atoms with Crippen molar-refractivity contribution in [1.29, 1.82) is 5.26 Å². The van der Waals surface area contributed by atoms with Gasteiger partial charge in [0.05, 0.1) is 4.90 Å². The Balaban J connectivity index is 1.51. The van der Waals surface area contributed by atoms with Crippen molar-refractivity contribution < 1.29 is 12.8 Å². The highest BCUT2D eigenvalue weighted by Gasteiger charge is 2.25. The van der Waals surface area contributed by atoms with Crippen LogP contribution in [0.2, 0.25) is 5.02 Å². The Morgan fingerprint density at radius 3 is 2.60 bits per heavy atom. The molecule has 7 nitrogen and oxygen atoms in total. The van der Waals surface area contributed by atoms with Gasteiger partial charge in [0.2, 0.25) is 15.9 Å². The van der Waals surface area contributed by atoms with Crippen molar-refractivity contribution in [3.05, 3.63) is 59.6 Å². The Morgan fingerprint density at radius 2 is 1.90 bits per heavy atom. The molecule has 0 atom stereocenters. The van der Waals surface area contributed by atoms with E-state index in [0.29, 0.717) is 34.9 Å². The lowest BCUT2D eigenvalue weighted by molar-refractivity contribution is 0.346. The Hall–Kier alpha value is -2.86. The van der Waals surface area contributed by atoms with Gasteiger partial charge in [0.15, 0.2) is 5.58 Å². The van der Waals surface area contributed by atoms with Gasteiger partial charge in [-0.05, 0) is 55.3 Å². The van der Waals surface area contributed by atoms with Crippen LogP contribution in [-0.2, 0) is 10.0 Å². The number of rotatable bonds is 5. The number of aromatic nitrogens is 1. The molecule has 0 radical (unpaired) electrons. The second-order valence-electron chi connectivity index (χ2n) is 6.93. The summed E-state index contributed by atoms with van der Waals surface area (Å²) in [4.78, 5) is 4.55. The quantitative estimate of drug-likeness (QED) is 0.578. The van der Waals surface area contributed by atoms with Gasteiger partial charge in [-0.25, -0.2) is 13.4 Å². The molecule has 4 rings (SSSR count). The second-order valence-corrected chi connectivity index (χ2v) is 9.31. The van der Waals surface area contributed by atoms with Gasteiger partial charge >= 0.3 is 0 Å². The van der Waals surface area contributed by atoms with E-state index in [4.69, 9.17) is 16.0 Å². The summed E-state index contributed by atoms with van der Waals surface area (Å²) < 4.78 is 32.6. The van der Waals surface area contributed by atoms with Crippen LogP contribution in [0, 0.1) is 11.3 Å². The van der Waals surface area contributed by atoms with Crippen molar-refractivity contribution in [2.75, 3.05) is 18.4 Å². The summed E-state index contributed by atoms with van der Waals surface area (Å²) in [5.74, 6) is 0.173. The topological polar surface area (TPSA) is 99.2 Å². The normalized spacial score (nSPS) is 15.8. The Kier molecular flexibility index (Phi) is 5.77. The molecular formula is C21H19ClN4O3S. The van der Waals surface area contributed by atoms with Crippen molar-refractivity contribution in [2.45, 2.75) is 24.2 Å². The molecule has 2 aromatic carbocycles. The second kappa shape index (κ2) is 8.48. The van der Waals surface area contributed by atoms with Crippen molar-refractivity contribution in [2.24, 2.45) is 0 Å². The summed E-state index contributed by atoms with van der Waals surface area (Å²) in [6.45, 7) is 1.12. The first-order chi connectivity index (χ1) is 14.5. The number of nitrogens with zero attached hydrogens (tertiary/aromatic N) is 3. The van der Waals surface area contributed by atoms with Gasteiger partial charge in [0.25, 0.3) is 0 Å². The molecule has 1 aromatic heterocycles. The van der Waals surface area contributed by atoms with Crippen LogP contribution in [0.25, 0.3) is 16.7 Å². The Morgan fingerprint density at radius 1 is 1.17 bits per heavy atom. The van der Waals surface area contributed by atoms with Crippen LogP contribution >= 0.6 is 11.6 Å². The van der Waals surface area contributed by atoms with Crippen LogP contribution in [0.1, 0.15) is 25.2 Å². The van der Waals surface area contributed by atoms with Gasteiger partial charge in [-0.3, -0.25) is 0 Å². The zero-order chi connectivity index (χ0) is 21.1. The fourth-order valence-corrected chi connectivity index (χ4v) is 4.97. The predicted octanol–water partition coefficient (Wildman–Crippen LogP) is 4.63. The molecule has 0 aliphatic carbocycles. The molecule has 0 bridgehead atoms. The van der Waals surface area contributed by atoms with Gasteiger partial charge in [0, 0.05) is 30.0 Å². The number of anilines is 1. The molecule has 0 unspecified atom stereocenters. The molecule has 1 saturated heterocycles. The average Bonchev–Trinajstić information content (AvgIpc) is 3.18. The van der Waals surface area contributed by atoms with Crippen molar-refractivity contribution in [3.8, 4) is 6.07 Å². The predicted molar refractivity (Wildman–Crippen MR) is 115 cm³/mol. The van der Waals surface area contributed by atoms with E-state index in [1.807, 2.05) is 6.07 Å². The van der Waals surface area contributed by atoms with E-state index >= 15 is 0 Å². The first-order valence-corrected chi connectivity index (χ1v) is 11.3. The van der Waals surface area contributed by atoms with Gasteiger partial charge in [-0.2, -0.15) is 9.57 Å². The highest BCUT2D eigenvalue weighted by Crippen LogP contribution is 2.25. The number of nitrogens with one attached hydrogen (secondary N) is 1. The van der Waals surface area contributed by atoms with Crippen LogP contribution < -0.4 is 5.32 Å². The molecule has 30 heavy (non-hydrogen) atoms. The number of hydrogen-bond acceptors (Lipinski definition) is 6. The largest absolute Gasteiger partial charge is 0.435 e. The SMILES string of the molecule is N#CC(=CNc1ccc(S(=O)(=O)N2CCCCC2)cc1)c1nc2cc(Cl)ccc2o1. The number of allylic oxidation sites excluding steroid dienone is 1. The summed E-state index contributed by atoms with van der Waals surface area (Å²) in [7, 11) is -3.47. The Bertz CT molecular complexity index is 1240. The monoisotopic (exact) mass is 442 g/mol. The number of benzene rings is 2. The third kappa shape index (κ3) is 4.19. The first kappa shape index (κ1) is 20.4. The standard InChI is InChI=1S/C21H19ClN4O3S/c22-16-4-9-20-19(12-16)25-21(29-20)15(13-23)14-24-17-5-7-18(8-6-17)30(27,28)26-10-2-1-3-11-26/h4-9,12,14,24H,1-3,10-11H2. The zero-order valence-corrected chi connectivity index (χ0v) is 17.6. The van der Waals surface area contributed by atoms with Crippen molar-refractivity contribution in [3.63, 3.8) is 0 Å². The van der Waals surface area contributed by atoms with Crippen LogP contribution in [0.3, 0.4) is 0 Å². The van der Waals surface area contributed by atoms with Crippen molar-refractivity contribution in [1.82, 2.24) is 9.29 Å². The summed E-state index contributed by atoms with van der Waals surface area (Å²) in [5.41, 5.74) is 1.93. The molecule has 154 valence electrons. The fraction of sp³-hybridized carbons (Fsp3) is 0.238. The van der Waals surface area contributed by atoms with Crippen LogP contribution in [0.4, 0.5) is 5.69 Å². The molecule has 2 heterocycles. The third-order valence-corrected chi connectivity index (χ3v) is 7.04. The summed E-state index contributed by atoms with van der Waals surface area (Å²) in [6.07, 6.45) is 4.32. The molecule has 0 saturated carbocycles. The maximum atomic E-state index is 12.7. The van der Waals surface area contributed by atoms with Gasteiger partial charge in [-0.15, -0.1) is 0 Å². The molecule has 1 N–H and O–H groups in total. The van der Waals surface area contributed by atoms with Crippen LogP contribution in [0.5, 0.6) is 0 Å². The molecular weight excluding hydrogens is 424 g/mol. The molecule has 0 amide bonds. The average molecular weight is 443 g/mol. The summed E-state index contributed by atoms with van der Waals surface area (Å²) in [5, 5.41) is 13.0. The lowest BCUT2D eigenvalue weighted by atomic mass is 10.2. The summed E-state index contributed by atoms with van der Waals surface area (Å²) >= 11 is 5.96. The van der Waals surface area contributed by atoms with E-state index in [2.05, 4.69) is 10.3 Å². The number of nitriles is 1. The van der Waals surface area contributed by atoms with E-state index in [1.165, 1.54) is 10.5 Å². The Labute approximate surface area is 179 Å². The van der Waals surface area contributed by atoms with E-state index in [0.717, 1.165) is 19.3 Å². The minimum Gasteiger partial charge on any atom is -0.435 e. The smallest absolute Gasteiger partial charge is 0.243 e. The molecule has 1 aliphatic heterocycles. The van der Waals surface area contributed by atoms with Crippen molar-refractivity contribution >= 4 is 44.0 Å². The molecule has 3 aromatic rings. The minimum atomic E-state index is -3.47. The number of halogens is 1. The molecule has 0 spiro atoms. The number of piperidine rings is 1. The zero-order valence-electron chi connectivity index (χ0n) is 16.0. The third-order valence-electron chi connectivity index (χ3n) is 4.89. The van der Waals surface area contributed by atoms with E-state index in [1.54, 1.807) is 42.5 Å². The molecule has 1 fully saturated rings. The van der Waals surface area contributed by atoms with Crippen LogP contribution in [-0.4, -0.2) is 30.8 Å². The highest BCUT2D eigenvalue weighted by molar-refractivity contribution is 7.89.